The van der Waals surface area contributed by atoms with Gasteiger partial charge in [0.15, 0.2) is 5.58 Å². The number of aromatic nitrogens is 2. The van der Waals surface area contributed by atoms with Crippen LogP contribution in [0.5, 0.6) is 0 Å². The van der Waals surface area contributed by atoms with Gasteiger partial charge in [-0.3, -0.25) is 0 Å². The summed E-state index contributed by atoms with van der Waals surface area (Å²) in [5, 5.41) is 0. The lowest BCUT2D eigenvalue weighted by Crippen LogP contribution is -2.10. The quantitative estimate of drug-likeness (QED) is 0.729. The molecule has 3 rings (SSSR count). The lowest BCUT2D eigenvalue weighted by molar-refractivity contribution is 0.590. The molecule has 102 valence electrons. The van der Waals surface area contributed by atoms with Crippen LogP contribution in [0.4, 0.5) is 5.69 Å². The molecule has 0 unspecified atom stereocenters. The van der Waals surface area contributed by atoms with Gasteiger partial charge in [-0.25, -0.2) is 9.97 Å². The molecule has 2 N–H and O–H groups in total. The van der Waals surface area contributed by atoms with E-state index in [-0.39, 0.29) is 5.41 Å². The molecule has 0 fully saturated rings. The molecule has 0 aliphatic carbocycles. The number of fused-ring (bicyclic) bond motifs is 1. The van der Waals surface area contributed by atoms with Gasteiger partial charge in [0.25, 0.3) is 0 Å². The number of benzene rings is 1. The van der Waals surface area contributed by atoms with Crippen LogP contribution in [0.2, 0.25) is 0 Å². The number of nitrogens with zero attached hydrogens (tertiary/aromatic N) is 2. The molecule has 0 atom stereocenters. The van der Waals surface area contributed by atoms with Crippen molar-refractivity contribution >= 4 is 16.8 Å². The van der Waals surface area contributed by atoms with E-state index in [9.17, 15) is 0 Å². The maximum Gasteiger partial charge on any atom is 0.246 e. The fourth-order valence-electron chi connectivity index (χ4n) is 2.04. The summed E-state index contributed by atoms with van der Waals surface area (Å²) in [4.78, 5) is 8.75. The van der Waals surface area contributed by atoms with Crippen molar-refractivity contribution in [1.82, 2.24) is 9.97 Å². The minimum absolute atomic E-state index is 0.0900. The zero-order valence-electron chi connectivity index (χ0n) is 11.8. The molecule has 0 amide bonds. The van der Waals surface area contributed by atoms with Crippen LogP contribution in [0.15, 0.2) is 40.9 Å². The van der Waals surface area contributed by atoms with E-state index in [1.54, 1.807) is 12.3 Å². The number of nitrogens with two attached hydrogens (primary N) is 1. The highest BCUT2D eigenvalue weighted by Gasteiger charge is 2.16. The Morgan fingerprint density at radius 2 is 1.90 bits per heavy atom. The molecule has 0 aliphatic heterocycles. The standard InChI is InChI=1S/C16H17N3O/c1-16(2,3)10-4-7-14-13(8-10)19-15(20-14)12-6-5-11(17)9-18-12/h4-9H,17H2,1-3H3. The van der Waals surface area contributed by atoms with Crippen LogP contribution in [0, 0.1) is 0 Å². The summed E-state index contributed by atoms with van der Waals surface area (Å²) < 4.78 is 5.75. The molecular formula is C16H17N3O. The summed E-state index contributed by atoms with van der Waals surface area (Å²) in [5.74, 6) is 0.519. The highest BCUT2D eigenvalue weighted by atomic mass is 16.3. The molecule has 0 saturated heterocycles. The monoisotopic (exact) mass is 267 g/mol. The third-order valence-corrected chi connectivity index (χ3v) is 3.26. The summed E-state index contributed by atoms with van der Waals surface area (Å²) in [5.41, 5.74) is 9.89. The van der Waals surface area contributed by atoms with E-state index < -0.39 is 0 Å². The lowest BCUT2D eigenvalue weighted by Gasteiger charge is -2.18. The van der Waals surface area contributed by atoms with Crippen LogP contribution in [0.25, 0.3) is 22.7 Å². The molecule has 4 nitrogen and oxygen atoms in total. The van der Waals surface area contributed by atoms with Crippen LogP contribution in [-0.2, 0) is 5.41 Å². The van der Waals surface area contributed by atoms with Gasteiger partial charge < -0.3 is 10.2 Å². The summed E-state index contributed by atoms with van der Waals surface area (Å²) in [6.45, 7) is 6.53. The Morgan fingerprint density at radius 3 is 2.55 bits per heavy atom. The number of hydrogen-bond acceptors (Lipinski definition) is 4. The first-order chi connectivity index (χ1) is 9.43. The average molecular weight is 267 g/mol. The average Bonchev–Trinajstić information content (AvgIpc) is 2.81. The molecule has 2 aromatic heterocycles. The highest BCUT2D eigenvalue weighted by molar-refractivity contribution is 5.76. The summed E-state index contributed by atoms with van der Waals surface area (Å²) in [6, 6.07) is 9.71. The van der Waals surface area contributed by atoms with Crippen molar-refractivity contribution in [1.29, 1.82) is 0 Å². The van der Waals surface area contributed by atoms with Crippen molar-refractivity contribution in [3.05, 3.63) is 42.1 Å². The molecule has 0 saturated carbocycles. The number of anilines is 1. The summed E-state index contributed by atoms with van der Waals surface area (Å²) in [6.07, 6.45) is 1.60. The van der Waals surface area contributed by atoms with Crippen molar-refractivity contribution in [2.75, 3.05) is 5.73 Å². The lowest BCUT2D eigenvalue weighted by atomic mass is 9.87. The van der Waals surface area contributed by atoms with Gasteiger partial charge in [-0.15, -0.1) is 0 Å². The molecule has 0 spiro atoms. The first-order valence-corrected chi connectivity index (χ1v) is 6.56. The van der Waals surface area contributed by atoms with Crippen molar-refractivity contribution in [2.45, 2.75) is 26.2 Å². The fourth-order valence-corrected chi connectivity index (χ4v) is 2.04. The maximum atomic E-state index is 5.75. The van der Waals surface area contributed by atoms with Crippen molar-refractivity contribution in [3.8, 4) is 11.6 Å². The van der Waals surface area contributed by atoms with Crippen molar-refractivity contribution < 1.29 is 4.42 Å². The molecule has 1 aromatic carbocycles. The number of nitrogen functional groups attached to an aromatic ring is 1. The third kappa shape index (κ3) is 2.25. The van der Waals surface area contributed by atoms with E-state index >= 15 is 0 Å². The molecule has 0 radical (unpaired) electrons. The van der Waals surface area contributed by atoms with Gasteiger partial charge in [-0.05, 0) is 35.2 Å². The SMILES string of the molecule is CC(C)(C)c1ccc2oc(-c3ccc(N)cn3)nc2c1. The Labute approximate surface area is 117 Å². The second-order valence-corrected chi connectivity index (χ2v) is 5.93. The van der Waals surface area contributed by atoms with Crippen LogP contribution < -0.4 is 5.73 Å². The predicted octanol–water partition coefficient (Wildman–Crippen LogP) is 3.77. The van der Waals surface area contributed by atoms with Gasteiger partial charge in [0, 0.05) is 0 Å². The minimum atomic E-state index is 0.0900. The third-order valence-electron chi connectivity index (χ3n) is 3.26. The van der Waals surface area contributed by atoms with E-state index in [0.717, 1.165) is 11.1 Å². The Hall–Kier alpha value is -2.36. The van der Waals surface area contributed by atoms with E-state index in [1.165, 1.54) is 5.56 Å². The van der Waals surface area contributed by atoms with Gasteiger partial charge in [0.1, 0.15) is 11.2 Å². The summed E-state index contributed by atoms with van der Waals surface area (Å²) >= 11 is 0. The van der Waals surface area contributed by atoms with Crippen molar-refractivity contribution in [3.63, 3.8) is 0 Å². The Balaban J connectivity index is 2.09. The molecule has 0 aliphatic rings. The Morgan fingerprint density at radius 1 is 1.10 bits per heavy atom. The number of oxazole rings is 1. The first kappa shape index (κ1) is 12.7. The van der Waals surface area contributed by atoms with Gasteiger partial charge in [-0.2, -0.15) is 0 Å². The molecule has 0 bridgehead atoms. The van der Waals surface area contributed by atoms with Crippen LogP contribution in [0.3, 0.4) is 0 Å². The maximum absolute atomic E-state index is 5.75. The smallest absolute Gasteiger partial charge is 0.246 e. The topological polar surface area (TPSA) is 64.9 Å². The Kier molecular flexibility index (Phi) is 2.74. The zero-order chi connectivity index (χ0) is 14.3. The van der Waals surface area contributed by atoms with Crippen LogP contribution >= 0.6 is 0 Å². The zero-order valence-corrected chi connectivity index (χ0v) is 11.8. The highest BCUT2D eigenvalue weighted by Crippen LogP contribution is 2.28. The Bertz CT molecular complexity index is 751. The van der Waals surface area contributed by atoms with Gasteiger partial charge in [-0.1, -0.05) is 26.8 Å². The van der Waals surface area contributed by atoms with E-state index in [0.29, 0.717) is 17.3 Å². The molecule has 4 heteroatoms. The number of rotatable bonds is 1. The van der Waals surface area contributed by atoms with E-state index in [1.807, 2.05) is 12.1 Å². The van der Waals surface area contributed by atoms with Gasteiger partial charge >= 0.3 is 0 Å². The normalized spacial score (nSPS) is 11.9. The fraction of sp³-hybridized carbons (Fsp3) is 0.250. The number of pyridine rings is 1. The van der Waals surface area contributed by atoms with Crippen LogP contribution in [-0.4, -0.2) is 9.97 Å². The molecule has 3 aromatic rings. The van der Waals surface area contributed by atoms with Gasteiger partial charge in [0.2, 0.25) is 5.89 Å². The van der Waals surface area contributed by atoms with Crippen molar-refractivity contribution in [2.24, 2.45) is 0 Å². The molecular weight excluding hydrogens is 250 g/mol. The second-order valence-electron chi connectivity index (χ2n) is 5.93. The largest absolute Gasteiger partial charge is 0.435 e. The minimum Gasteiger partial charge on any atom is -0.435 e. The second kappa shape index (κ2) is 4.34. The van der Waals surface area contributed by atoms with E-state index in [2.05, 4.69) is 42.9 Å². The van der Waals surface area contributed by atoms with E-state index in [4.69, 9.17) is 10.2 Å². The molecule has 2 heterocycles. The van der Waals surface area contributed by atoms with Crippen LogP contribution in [0.1, 0.15) is 26.3 Å². The summed E-state index contributed by atoms with van der Waals surface area (Å²) in [7, 11) is 0. The number of hydrogen-bond donors (Lipinski definition) is 1. The first-order valence-electron chi connectivity index (χ1n) is 6.56. The van der Waals surface area contributed by atoms with Gasteiger partial charge in [0.05, 0.1) is 11.9 Å². The predicted molar refractivity (Wildman–Crippen MR) is 80.4 cm³/mol. The molecule has 20 heavy (non-hydrogen) atoms.